The summed E-state index contributed by atoms with van der Waals surface area (Å²) in [7, 11) is -3.81. The lowest BCUT2D eigenvalue weighted by atomic mass is 10.1. The molecule has 1 aromatic rings. The second kappa shape index (κ2) is 8.07. The van der Waals surface area contributed by atoms with Crippen molar-refractivity contribution in [2.75, 3.05) is 6.54 Å². The van der Waals surface area contributed by atoms with Gasteiger partial charge in [0.15, 0.2) is 0 Å². The highest BCUT2D eigenvalue weighted by molar-refractivity contribution is 7.89. The van der Waals surface area contributed by atoms with Crippen LogP contribution in [0.15, 0.2) is 23.1 Å². The van der Waals surface area contributed by atoms with Gasteiger partial charge in [0, 0.05) is 13.0 Å². The maximum atomic E-state index is 12.2. The molecule has 0 radical (unpaired) electrons. The molecule has 0 fully saturated rings. The van der Waals surface area contributed by atoms with E-state index in [1.54, 1.807) is 20.8 Å². The van der Waals surface area contributed by atoms with Crippen molar-refractivity contribution in [2.24, 2.45) is 0 Å². The molecule has 0 saturated carbocycles. The van der Waals surface area contributed by atoms with E-state index in [2.05, 4.69) is 4.72 Å². The number of carboxylic acids is 1. The predicted molar refractivity (Wildman–Crippen MR) is 83.8 cm³/mol. The van der Waals surface area contributed by atoms with Crippen LogP contribution < -0.4 is 4.72 Å². The van der Waals surface area contributed by atoms with Gasteiger partial charge in [-0.2, -0.15) is 0 Å². The van der Waals surface area contributed by atoms with Crippen LogP contribution in [0.2, 0.25) is 0 Å². The molecule has 1 aromatic carbocycles. The molecular weight excluding hydrogens is 322 g/mol. The molecule has 0 aliphatic heterocycles. The fourth-order valence-electron chi connectivity index (χ4n) is 1.80. The van der Waals surface area contributed by atoms with Crippen LogP contribution in [-0.2, 0) is 19.6 Å². The minimum absolute atomic E-state index is 0.00822. The Morgan fingerprint density at radius 1 is 1.30 bits per heavy atom. The number of aryl methyl sites for hydroxylation is 1. The van der Waals surface area contributed by atoms with Crippen molar-refractivity contribution in [1.82, 2.24) is 4.72 Å². The maximum absolute atomic E-state index is 12.2. The third kappa shape index (κ3) is 5.99. The van der Waals surface area contributed by atoms with Gasteiger partial charge >= 0.3 is 11.9 Å². The molecule has 1 rings (SSSR count). The molecule has 0 saturated heterocycles. The van der Waals surface area contributed by atoms with Gasteiger partial charge in [-0.3, -0.25) is 4.79 Å². The largest absolute Gasteiger partial charge is 0.481 e. The molecular formula is C15H21NO6S. The number of ether oxygens (including phenoxy) is 1. The van der Waals surface area contributed by atoms with Crippen molar-refractivity contribution >= 4 is 22.0 Å². The van der Waals surface area contributed by atoms with Crippen molar-refractivity contribution in [2.45, 2.75) is 44.6 Å². The number of nitrogens with one attached hydrogen (secondary N) is 1. The maximum Gasteiger partial charge on any atom is 0.338 e. The van der Waals surface area contributed by atoms with E-state index < -0.39 is 22.0 Å². The van der Waals surface area contributed by atoms with E-state index in [-0.39, 0.29) is 35.9 Å². The van der Waals surface area contributed by atoms with Crippen LogP contribution >= 0.6 is 0 Å². The Bertz CT molecular complexity index is 681. The van der Waals surface area contributed by atoms with Crippen LogP contribution in [0.4, 0.5) is 0 Å². The van der Waals surface area contributed by atoms with Crippen LogP contribution in [0.3, 0.4) is 0 Å². The summed E-state index contributed by atoms with van der Waals surface area (Å²) in [5.41, 5.74) is 0.799. The summed E-state index contributed by atoms with van der Waals surface area (Å²) in [4.78, 5) is 22.3. The van der Waals surface area contributed by atoms with Gasteiger partial charge in [-0.25, -0.2) is 17.9 Å². The van der Waals surface area contributed by atoms with E-state index in [1.807, 2.05) is 0 Å². The van der Waals surface area contributed by atoms with E-state index in [0.717, 1.165) is 0 Å². The summed E-state index contributed by atoms with van der Waals surface area (Å²) < 4.78 is 31.8. The van der Waals surface area contributed by atoms with Gasteiger partial charge in [-0.1, -0.05) is 6.07 Å². The summed E-state index contributed by atoms with van der Waals surface area (Å²) in [6, 6.07) is 4.18. The van der Waals surface area contributed by atoms with Gasteiger partial charge in [0.2, 0.25) is 10.0 Å². The molecule has 0 aliphatic rings. The van der Waals surface area contributed by atoms with Crippen molar-refractivity contribution in [3.8, 4) is 0 Å². The number of aliphatic carboxylic acids is 1. The summed E-state index contributed by atoms with van der Waals surface area (Å²) in [5.74, 6) is -1.57. The number of carboxylic acid groups (broad SMARTS) is 1. The van der Waals surface area contributed by atoms with Crippen molar-refractivity contribution in [3.63, 3.8) is 0 Å². The van der Waals surface area contributed by atoms with Crippen molar-refractivity contribution in [1.29, 1.82) is 0 Å². The monoisotopic (exact) mass is 343 g/mol. The highest BCUT2D eigenvalue weighted by Gasteiger charge is 2.19. The Kier molecular flexibility index (Phi) is 6.71. The first-order valence-corrected chi connectivity index (χ1v) is 8.65. The third-order valence-electron chi connectivity index (χ3n) is 2.94. The van der Waals surface area contributed by atoms with Crippen LogP contribution in [-0.4, -0.2) is 38.1 Å². The average Bonchev–Trinajstić information content (AvgIpc) is 2.42. The topological polar surface area (TPSA) is 110 Å². The van der Waals surface area contributed by atoms with E-state index >= 15 is 0 Å². The second-order valence-electron chi connectivity index (χ2n) is 5.33. The van der Waals surface area contributed by atoms with E-state index in [1.165, 1.54) is 18.2 Å². The summed E-state index contributed by atoms with van der Waals surface area (Å²) in [6.45, 7) is 5.11. The lowest BCUT2D eigenvalue weighted by Gasteiger charge is -2.12. The number of carbonyl (C=O) groups is 2. The fraction of sp³-hybridized carbons (Fsp3) is 0.467. The quantitative estimate of drug-likeness (QED) is 0.549. The highest BCUT2D eigenvalue weighted by Crippen LogP contribution is 2.17. The molecule has 0 aromatic heterocycles. The van der Waals surface area contributed by atoms with Gasteiger partial charge in [0.1, 0.15) is 0 Å². The lowest BCUT2D eigenvalue weighted by Crippen LogP contribution is -2.25. The van der Waals surface area contributed by atoms with Crippen molar-refractivity contribution in [3.05, 3.63) is 29.3 Å². The van der Waals surface area contributed by atoms with Crippen LogP contribution in [0.1, 0.15) is 42.6 Å². The minimum Gasteiger partial charge on any atom is -0.481 e. The number of hydrogen-bond donors (Lipinski definition) is 2. The van der Waals surface area contributed by atoms with Gasteiger partial charge in [-0.05, 0) is 44.9 Å². The Morgan fingerprint density at radius 3 is 2.52 bits per heavy atom. The van der Waals surface area contributed by atoms with Crippen LogP contribution in [0.25, 0.3) is 0 Å². The zero-order valence-electron chi connectivity index (χ0n) is 13.3. The van der Waals surface area contributed by atoms with Gasteiger partial charge in [-0.15, -0.1) is 0 Å². The molecule has 0 atom stereocenters. The SMILES string of the molecule is Cc1ccc(S(=O)(=O)NCCCC(=O)O)cc1C(=O)OC(C)C. The first kappa shape index (κ1) is 19.1. The van der Waals surface area contributed by atoms with Gasteiger partial charge < -0.3 is 9.84 Å². The predicted octanol–water partition coefficient (Wildman–Crippen LogP) is 1.70. The first-order valence-electron chi connectivity index (χ1n) is 7.16. The molecule has 7 nitrogen and oxygen atoms in total. The third-order valence-corrected chi connectivity index (χ3v) is 4.40. The van der Waals surface area contributed by atoms with Crippen LogP contribution in [0, 0.1) is 6.92 Å². The van der Waals surface area contributed by atoms with E-state index in [4.69, 9.17) is 9.84 Å². The Labute approximate surface area is 135 Å². The molecule has 0 heterocycles. The molecule has 8 heteroatoms. The summed E-state index contributed by atoms with van der Waals surface area (Å²) in [6.07, 6.45) is -0.248. The zero-order chi connectivity index (χ0) is 17.6. The number of carbonyl (C=O) groups excluding carboxylic acids is 1. The zero-order valence-corrected chi connectivity index (χ0v) is 14.1. The smallest absolute Gasteiger partial charge is 0.338 e. The molecule has 128 valence electrons. The molecule has 0 aliphatic carbocycles. The Hall–Kier alpha value is -1.93. The molecule has 0 spiro atoms. The van der Waals surface area contributed by atoms with Crippen LogP contribution in [0.5, 0.6) is 0 Å². The van der Waals surface area contributed by atoms with E-state index in [0.29, 0.717) is 5.56 Å². The van der Waals surface area contributed by atoms with Gasteiger partial charge in [0.25, 0.3) is 0 Å². The summed E-state index contributed by atoms with van der Waals surface area (Å²) >= 11 is 0. The highest BCUT2D eigenvalue weighted by atomic mass is 32.2. The number of rotatable bonds is 8. The number of sulfonamides is 1. The fourth-order valence-corrected chi connectivity index (χ4v) is 2.90. The molecule has 2 N–H and O–H groups in total. The molecule has 0 unspecified atom stereocenters. The van der Waals surface area contributed by atoms with Gasteiger partial charge in [0.05, 0.1) is 16.6 Å². The molecule has 0 bridgehead atoms. The second-order valence-corrected chi connectivity index (χ2v) is 7.09. The molecule has 0 amide bonds. The number of hydrogen-bond acceptors (Lipinski definition) is 5. The molecule has 23 heavy (non-hydrogen) atoms. The number of esters is 1. The Balaban J connectivity index is 2.91. The Morgan fingerprint density at radius 2 is 1.96 bits per heavy atom. The average molecular weight is 343 g/mol. The normalized spacial score (nSPS) is 11.5. The summed E-state index contributed by atoms with van der Waals surface area (Å²) in [5, 5.41) is 8.53. The number of benzene rings is 1. The first-order chi connectivity index (χ1) is 10.6. The standard InChI is InChI=1S/C15H21NO6S/c1-10(2)22-15(19)13-9-12(7-6-11(13)3)23(20,21)16-8-4-5-14(17)18/h6-7,9-10,16H,4-5,8H2,1-3H3,(H,17,18). The van der Waals surface area contributed by atoms with Crippen molar-refractivity contribution < 1.29 is 27.9 Å². The minimum atomic E-state index is -3.81. The lowest BCUT2D eigenvalue weighted by molar-refractivity contribution is -0.137. The van der Waals surface area contributed by atoms with E-state index in [9.17, 15) is 18.0 Å².